The van der Waals surface area contributed by atoms with E-state index in [4.69, 9.17) is 0 Å². The van der Waals surface area contributed by atoms with Gasteiger partial charge in [0.2, 0.25) is 11.0 Å². The minimum Gasteiger partial charge on any atom is -0.356 e. The van der Waals surface area contributed by atoms with Gasteiger partial charge in [-0.15, -0.1) is 10.2 Å². The maximum Gasteiger partial charge on any atom is 0.236 e. The molecule has 116 valence electrons. The molecule has 9 heteroatoms. The largest absolute Gasteiger partial charge is 0.356 e. The number of nitrogens with one attached hydrogen (secondary N) is 1. The van der Waals surface area contributed by atoms with E-state index in [0.717, 1.165) is 28.9 Å². The summed E-state index contributed by atoms with van der Waals surface area (Å²) in [6.45, 7) is 3.93. The molecule has 3 rings (SSSR count). The number of amides is 1. The third-order valence-electron chi connectivity index (χ3n) is 3.18. The van der Waals surface area contributed by atoms with Crippen LogP contribution in [0.2, 0.25) is 0 Å². The highest BCUT2D eigenvalue weighted by Gasteiger charge is 2.14. The molecular weight excluding hydrogens is 320 g/mol. The first-order valence-corrected chi connectivity index (χ1v) is 8.81. The van der Waals surface area contributed by atoms with Gasteiger partial charge in [0, 0.05) is 19.2 Å². The lowest BCUT2D eigenvalue weighted by molar-refractivity contribution is -0.113. The number of anilines is 2. The van der Waals surface area contributed by atoms with Crippen LogP contribution < -0.4 is 10.2 Å². The molecule has 0 aromatic carbocycles. The van der Waals surface area contributed by atoms with Crippen LogP contribution >= 0.6 is 23.1 Å². The van der Waals surface area contributed by atoms with Crippen LogP contribution in [0.1, 0.15) is 17.8 Å². The Balaban J connectivity index is 1.54. The molecular formula is C13H16N6OS2. The second-order valence-electron chi connectivity index (χ2n) is 4.87. The monoisotopic (exact) mass is 336 g/mol. The molecule has 0 unspecified atom stereocenters. The third-order valence-corrected chi connectivity index (χ3v) is 4.86. The molecule has 0 radical (unpaired) electrons. The van der Waals surface area contributed by atoms with Crippen LogP contribution in [-0.2, 0) is 4.79 Å². The molecule has 22 heavy (non-hydrogen) atoms. The maximum atomic E-state index is 11.9. The van der Waals surface area contributed by atoms with E-state index in [1.807, 2.05) is 13.0 Å². The Morgan fingerprint density at radius 2 is 2.18 bits per heavy atom. The van der Waals surface area contributed by atoms with Crippen LogP contribution in [0.4, 0.5) is 10.9 Å². The van der Waals surface area contributed by atoms with E-state index in [9.17, 15) is 4.79 Å². The minimum absolute atomic E-state index is 0.109. The number of rotatable bonds is 5. The van der Waals surface area contributed by atoms with Crippen molar-refractivity contribution < 1.29 is 4.79 Å². The molecule has 0 aliphatic carbocycles. The molecule has 0 saturated carbocycles. The molecule has 2 aromatic heterocycles. The maximum absolute atomic E-state index is 11.9. The summed E-state index contributed by atoms with van der Waals surface area (Å²) in [6, 6.07) is 1.94. The Morgan fingerprint density at radius 3 is 2.91 bits per heavy atom. The van der Waals surface area contributed by atoms with E-state index in [-0.39, 0.29) is 11.7 Å². The number of aromatic nitrogens is 4. The van der Waals surface area contributed by atoms with Crippen molar-refractivity contribution in [3.8, 4) is 0 Å². The molecule has 0 spiro atoms. The van der Waals surface area contributed by atoms with Crippen molar-refractivity contribution in [3.63, 3.8) is 0 Å². The van der Waals surface area contributed by atoms with E-state index in [1.54, 1.807) is 6.33 Å². The summed E-state index contributed by atoms with van der Waals surface area (Å²) in [7, 11) is 0. The lowest BCUT2D eigenvalue weighted by Gasteiger charge is -2.16. The Kier molecular flexibility index (Phi) is 4.84. The van der Waals surface area contributed by atoms with Gasteiger partial charge < -0.3 is 4.90 Å². The fourth-order valence-electron chi connectivity index (χ4n) is 2.17. The van der Waals surface area contributed by atoms with Crippen molar-refractivity contribution in [2.75, 3.05) is 29.1 Å². The predicted octanol–water partition coefficient (Wildman–Crippen LogP) is 1.97. The van der Waals surface area contributed by atoms with Crippen LogP contribution in [0.3, 0.4) is 0 Å². The lowest BCUT2D eigenvalue weighted by atomic mass is 10.4. The number of nitrogens with zero attached hydrogens (tertiary/aromatic N) is 5. The normalized spacial score (nSPS) is 14.3. The molecule has 0 bridgehead atoms. The second-order valence-corrected chi connectivity index (χ2v) is 7.05. The molecule has 1 aliphatic rings. The lowest BCUT2D eigenvalue weighted by Crippen LogP contribution is -2.19. The van der Waals surface area contributed by atoms with Crippen molar-refractivity contribution in [2.24, 2.45) is 0 Å². The first-order valence-electron chi connectivity index (χ1n) is 7.00. The van der Waals surface area contributed by atoms with Gasteiger partial charge in [-0.1, -0.05) is 23.1 Å². The Hall–Kier alpha value is -1.74. The summed E-state index contributed by atoms with van der Waals surface area (Å²) in [4.78, 5) is 22.7. The molecule has 3 heterocycles. The van der Waals surface area contributed by atoms with E-state index in [2.05, 4.69) is 30.4 Å². The van der Waals surface area contributed by atoms with Gasteiger partial charge >= 0.3 is 0 Å². The van der Waals surface area contributed by atoms with Gasteiger partial charge in [-0.05, 0) is 19.8 Å². The molecule has 0 atom stereocenters. The number of carbonyl (C=O) groups excluding carboxylic acids is 1. The first kappa shape index (κ1) is 15.2. The van der Waals surface area contributed by atoms with E-state index < -0.39 is 0 Å². The Bertz CT molecular complexity index is 655. The van der Waals surface area contributed by atoms with Crippen LogP contribution in [0, 0.1) is 6.92 Å². The highest BCUT2D eigenvalue weighted by molar-refractivity contribution is 7.99. The van der Waals surface area contributed by atoms with Gasteiger partial charge in [0.25, 0.3) is 0 Å². The fraction of sp³-hybridized carbons (Fsp3) is 0.462. The highest BCUT2D eigenvalue weighted by atomic mass is 32.2. The third kappa shape index (κ3) is 3.92. The van der Waals surface area contributed by atoms with Crippen LogP contribution in [0.5, 0.6) is 0 Å². The zero-order valence-corrected chi connectivity index (χ0v) is 13.8. The summed E-state index contributed by atoms with van der Waals surface area (Å²) < 4.78 is 0. The summed E-state index contributed by atoms with van der Waals surface area (Å²) in [5, 5.41) is 12.6. The van der Waals surface area contributed by atoms with Gasteiger partial charge in [0.15, 0.2) is 0 Å². The standard InChI is InChI=1S/C13H16N6OS2/c1-9-17-18-13(22-9)16-11(20)7-21-12-6-10(14-8-15-12)19-4-2-3-5-19/h6,8H,2-5,7H2,1H3,(H,16,18,20). The fourth-order valence-corrected chi connectivity index (χ4v) is 3.44. The van der Waals surface area contributed by atoms with E-state index in [0.29, 0.717) is 5.13 Å². The van der Waals surface area contributed by atoms with Gasteiger partial charge in [-0.25, -0.2) is 9.97 Å². The quantitative estimate of drug-likeness (QED) is 0.660. The van der Waals surface area contributed by atoms with Gasteiger partial charge in [-0.2, -0.15) is 0 Å². The minimum atomic E-state index is -0.109. The SMILES string of the molecule is Cc1nnc(NC(=O)CSc2cc(N3CCCC3)ncn2)s1. The summed E-state index contributed by atoms with van der Waals surface area (Å²) in [5.74, 6) is 1.12. The van der Waals surface area contributed by atoms with Crippen LogP contribution in [-0.4, -0.2) is 44.9 Å². The van der Waals surface area contributed by atoms with E-state index in [1.165, 1.54) is 35.9 Å². The number of carbonyl (C=O) groups is 1. The summed E-state index contributed by atoms with van der Waals surface area (Å²) in [6.07, 6.45) is 3.97. The molecule has 1 amide bonds. The zero-order chi connectivity index (χ0) is 15.4. The number of aryl methyl sites for hydroxylation is 1. The average Bonchev–Trinajstić information content (AvgIpc) is 3.17. The second kappa shape index (κ2) is 7.01. The predicted molar refractivity (Wildman–Crippen MR) is 87.5 cm³/mol. The van der Waals surface area contributed by atoms with E-state index >= 15 is 0 Å². The van der Waals surface area contributed by atoms with Crippen LogP contribution in [0.15, 0.2) is 17.4 Å². The highest BCUT2D eigenvalue weighted by Crippen LogP contribution is 2.23. The Morgan fingerprint density at radius 1 is 1.36 bits per heavy atom. The molecule has 1 fully saturated rings. The zero-order valence-electron chi connectivity index (χ0n) is 12.2. The number of hydrogen-bond donors (Lipinski definition) is 1. The summed E-state index contributed by atoms with van der Waals surface area (Å²) in [5.41, 5.74) is 0. The smallest absolute Gasteiger partial charge is 0.236 e. The van der Waals surface area contributed by atoms with Gasteiger partial charge in [0.05, 0.1) is 5.75 Å². The van der Waals surface area contributed by atoms with Gasteiger partial charge in [-0.3, -0.25) is 10.1 Å². The number of hydrogen-bond acceptors (Lipinski definition) is 8. The van der Waals surface area contributed by atoms with Crippen molar-refractivity contribution in [3.05, 3.63) is 17.4 Å². The average molecular weight is 336 g/mol. The molecule has 1 aliphatic heterocycles. The van der Waals surface area contributed by atoms with Gasteiger partial charge in [0.1, 0.15) is 22.2 Å². The van der Waals surface area contributed by atoms with Crippen LogP contribution in [0.25, 0.3) is 0 Å². The molecule has 1 N–H and O–H groups in total. The molecule has 1 saturated heterocycles. The first-order chi connectivity index (χ1) is 10.7. The van der Waals surface area contributed by atoms with Crippen molar-refractivity contribution >= 4 is 40.0 Å². The van der Waals surface area contributed by atoms with Crippen molar-refractivity contribution in [1.29, 1.82) is 0 Å². The number of thioether (sulfide) groups is 1. The topological polar surface area (TPSA) is 83.9 Å². The molecule has 2 aromatic rings. The molecule has 7 nitrogen and oxygen atoms in total. The Labute approximate surface area is 136 Å². The van der Waals surface area contributed by atoms with Crippen molar-refractivity contribution in [2.45, 2.75) is 24.8 Å². The van der Waals surface area contributed by atoms with Crippen molar-refractivity contribution in [1.82, 2.24) is 20.2 Å². The summed E-state index contributed by atoms with van der Waals surface area (Å²) >= 11 is 2.76.